The molecule has 1 unspecified atom stereocenters. The van der Waals surface area contributed by atoms with E-state index in [1.807, 2.05) is 24.5 Å². The number of carbonyl (C=O) groups excluding carboxylic acids is 1. The predicted octanol–water partition coefficient (Wildman–Crippen LogP) is 2.75. The van der Waals surface area contributed by atoms with Gasteiger partial charge >= 0.3 is 0 Å². The lowest BCUT2D eigenvalue weighted by Gasteiger charge is -2.02. The molecule has 1 aromatic rings. The van der Waals surface area contributed by atoms with Gasteiger partial charge in [-0.3, -0.25) is 4.79 Å². The third kappa shape index (κ3) is 2.36. The summed E-state index contributed by atoms with van der Waals surface area (Å²) >= 11 is 1.63. The number of thioether (sulfide) groups is 1. The summed E-state index contributed by atoms with van der Waals surface area (Å²) in [5.41, 5.74) is 0.608. The Morgan fingerprint density at radius 1 is 1.43 bits per heavy atom. The molecule has 0 radical (unpaired) electrons. The van der Waals surface area contributed by atoms with Crippen LogP contribution in [0.25, 0.3) is 0 Å². The lowest BCUT2D eigenvalue weighted by molar-refractivity contribution is 0.0956. The lowest BCUT2D eigenvalue weighted by Crippen LogP contribution is -2.08. The first-order chi connectivity index (χ1) is 6.69. The highest BCUT2D eigenvalue weighted by molar-refractivity contribution is 7.98. The highest BCUT2D eigenvalue weighted by Crippen LogP contribution is 2.16. The zero-order chi connectivity index (χ0) is 10.6. The minimum atomic E-state index is -0.560. The second-order valence-corrected chi connectivity index (χ2v) is 3.82. The lowest BCUT2D eigenvalue weighted by atomic mass is 10.0. The van der Waals surface area contributed by atoms with Gasteiger partial charge < -0.3 is 0 Å². The number of ketones is 1. The van der Waals surface area contributed by atoms with Crippen LogP contribution in [0, 0.1) is 17.2 Å². The van der Waals surface area contributed by atoms with Crippen LogP contribution < -0.4 is 0 Å². The maximum atomic E-state index is 11.5. The van der Waals surface area contributed by atoms with Crippen LogP contribution in [-0.4, -0.2) is 12.0 Å². The van der Waals surface area contributed by atoms with Gasteiger partial charge in [0, 0.05) is 10.5 Å². The molecular weight excluding hydrogens is 194 g/mol. The molecular formula is C11H11NOS. The molecule has 0 aromatic heterocycles. The van der Waals surface area contributed by atoms with E-state index in [2.05, 4.69) is 0 Å². The van der Waals surface area contributed by atoms with Gasteiger partial charge in [-0.2, -0.15) is 5.26 Å². The van der Waals surface area contributed by atoms with E-state index in [1.165, 1.54) is 0 Å². The Morgan fingerprint density at radius 3 is 2.43 bits per heavy atom. The molecule has 0 fully saturated rings. The van der Waals surface area contributed by atoms with Gasteiger partial charge in [0.1, 0.15) is 5.92 Å². The summed E-state index contributed by atoms with van der Waals surface area (Å²) in [5.74, 6) is -0.671. The summed E-state index contributed by atoms with van der Waals surface area (Å²) in [6.07, 6.45) is 1.98. The average molecular weight is 205 g/mol. The Bertz CT molecular complexity index is 364. The molecule has 1 rings (SSSR count). The molecule has 1 aromatic carbocycles. The van der Waals surface area contributed by atoms with Crippen LogP contribution in [0.3, 0.4) is 0 Å². The normalized spacial score (nSPS) is 11.8. The second kappa shape index (κ2) is 4.83. The molecule has 0 bridgehead atoms. The Labute approximate surface area is 87.9 Å². The minimum absolute atomic E-state index is 0.111. The van der Waals surface area contributed by atoms with Crippen molar-refractivity contribution in [2.24, 2.45) is 5.92 Å². The summed E-state index contributed by atoms with van der Waals surface area (Å²) in [4.78, 5) is 12.7. The molecule has 2 nitrogen and oxygen atoms in total. The van der Waals surface area contributed by atoms with E-state index in [4.69, 9.17) is 5.26 Å². The molecule has 0 aliphatic rings. The fourth-order valence-corrected chi connectivity index (χ4v) is 1.47. The smallest absolute Gasteiger partial charge is 0.179 e. The van der Waals surface area contributed by atoms with Crippen LogP contribution in [0.4, 0.5) is 0 Å². The molecule has 72 valence electrons. The topological polar surface area (TPSA) is 40.9 Å². The van der Waals surface area contributed by atoms with Gasteiger partial charge in [0.25, 0.3) is 0 Å². The van der Waals surface area contributed by atoms with Gasteiger partial charge in [-0.05, 0) is 25.3 Å². The summed E-state index contributed by atoms with van der Waals surface area (Å²) in [7, 11) is 0. The van der Waals surface area contributed by atoms with Crippen LogP contribution in [-0.2, 0) is 0 Å². The van der Waals surface area contributed by atoms with Crippen LogP contribution in [0.1, 0.15) is 17.3 Å². The number of hydrogen-bond acceptors (Lipinski definition) is 3. The van der Waals surface area contributed by atoms with Gasteiger partial charge in [-0.25, -0.2) is 0 Å². The zero-order valence-corrected chi connectivity index (χ0v) is 8.97. The van der Waals surface area contributed by atoms with Crippen LogP contribution in [0.5, 0.6) is 0 Å². The van der Waals surface area contributed by atoms with Crippen LogP contribution >= 0.6 is 11.8 Å². The van der Waals surface area contributed by atoms with Gasteiger partial charge in [-0.15, -0.1) is 11.8 Å². The standard InChI is InChI=1S/C11H11NOS/c1-8(7-12)11(13)9-3-5-10(14-2)6-4-9/h3-6,8H,1-2H3. The number of nitriles is 1. The average Bonchev–Trinajstić information content (AvgIpc) is 2.27. The van der Waals surface area contributed by atoms with Crippen molar-refractivity contribution < 1.29 is 4.79 Å². The molecule has 0 saturated carbocycles. The fraction of sp³-hybridized carbons (Fsp3) is 0.273. The van der Waals surface area contributed by atoms with E-state index >= 15 is 0 Å². The van der Waals surface area contributed by atoms with Gasteiger partial charge in [-0.1, -0.05) is 12.1 Å². The third-order valence-corrected chi connectivity index (χ3v) is 2.71. The maximum Gasteiger partial charge on any atom is 0.179 e. The van der Waals surface area contributed by atoms with Crippen molar-refractivity contribution in [3.05, 3.63) is 29.8 Å². The SMILES string of the molecule is CSc1ccc(C(=O)C(C)C#N)cc1. The van der Waals surface area contributed by atoms with E-state index < -0.39 is 5.92 Å². The van der Waals surface area contributed by atoms with Crippen molar-refractivity contribution >= 4 is 17.5 Å². The van der Waals surface area contributed by atoms with Gasteiger partial charge in [0.2, 0.25) is 0 Å². The number of Topliss-reactive ketones (excluding diaryl/α,β-unsaturated/α-hetero) is 1. The molecule has 0 aliphatic carbocycles. The number of benzene rings is 1. The number of nitrogens with zero attached hydrogens (tertiary/aromatic N) is 1. The van der Waals surface area contributed by atoms with E-state index in [9.17, 15) is 4.79 Å². The monoisotopic (exact) mass is 205 g/mol. The third-order valence-electron chi connectivity index (χ3n) is 1.96. The molecule has 3 heteroatoms. The fourth-order valence-electron chi connectivity index (χ4n) is 1.06. The Hall–Kier alpha value is -1.27. The predicted molar refractivity (Wildman–Crippen MR) is 57.3 cm³/mol. The molecule has 0 N–H and O–H groups in total. The van der Waals surface area contributed by atoms with E-state index in [-0.39, 0.29) is 5.78 Å². The molecule has 14 heavy (non-hydrogen) atoms. The highest BCUT2D eigenvalue weighted by atomic mass is 32.2. The zero-order valence-electron chi connectivity index (χ0n) is 8.15. The molecule has 0 aliphatic heterocycles. The minimum Gasteiger partial charge on any atom is -0.293 e. The van der Waals surface area contributed by atoms with Crippen LogP contribution in [0.2, 0.25) is 0 Å². The van der Waals surface area contributed by atoms with E-state index in [0.29, 0.717) is 5.56 Å². The van der Waals surface area contributed by atoms with Crippen molar-refractivity contribution in [1.82, 2.24) is 0 Å². The molecule has 0 heterocycles. The van der Waals surface area contributed by atoms with E-state index in [0.717, 1.165) is 4.90 Å². The van der Waals surface area contributed by atoms with Crippen molar-refractivity contribution in [2.75, 3.05) is 6.26 Å². The van der Waals surface area contributed by atoms with E-state index in [1.54, 1.807) is 30.8 Å². The molecule has 0 saturated heterocycles. The first-order valence-electron chi connectivity index (χ1n) is 4.27. The second-order valence-electron chi connectivity index (χ2n) is 2.94. The first-order valence-corrected chi connectivity index (χ1v) is 5.49. The molecule has 1 atom stereocenters. The van der Waals surface area contributed by atoms with Crippen molar-refractivity contribution in [3.63, 3.8) is 0 Å². The Kier molecular flexibility index (Phi) is 3.73. The van der Waals surface area contributed by atoms with Crippen molar-refractivity contribution in [3.8, 4) is 6.07 Å². The quantitative estimate of drug-likeness (QED) is 0.562. The highest BCUT2D eigenvalue weighted by Gasteiger charge is 2.13. The van der Waals surface area contributed by atoms with Gasteiger partial charge in [0.05, 0.1) is 6.07 Å². The molecule has 0 spiro atoms. The summed E-state index contributed by atoms with van der Waals surface area (Å²) in [6.45, 7) is 1.62. The van der Waals surface area contributed by atoms with Gasteiger partial charge in [0.15, 0.2) is 5.78 Å². The largest absolute Gasteiger partial charge is 0.293 e. The first kappa shape index (κ1) is 10.8. The van der Waals surface area contributed by atoms with Crippen molar-refractivity contribution in [1.29, 1.82) is 5.26 Å². The summed E-state index contributed by atoms with van der Waals surface area (Å²) in [5, 5.41) is 8.59. The number of carbonyl (C=O) groups is 1. The molecule has 0 amide bonds. The number of hydrogen-bond donors (Lipinski definition) is 0. The Morgan fingerprint density at radius 2 is 2.00 bits per heavy atom. The summed E-state index contributed by atoms with van der Waals surface area (Å²) in [6, 6.07) is 9.25. The maximum absolute atomic E-state index is 11.5. The number of rotatable bonds is 3. The van der Waals surface area contributed by atoms with Crippen molar-refractivity contribution in [2.45, 2.75) is 11.8 Å². The van der Waals surface area contributed by atoms with Crippen LogP contribution in [0.15, 0.2) is 29.2 Å². The summed E-state index contributed by atoms with van der Waals surface area (Å²) < 4.78 is 0. The Balaban J connectivity index is 2.88.